The molecule has 1 aliphatic heterocycles. The minimum atomic E-state index is -0.186. The minimum absolute atomic E-state index is 0.186. The van der Waals surface area contributed by atoms with Crippen LogP contribution in [0.25, 0.3) is 0 Å². The summed E-state index contributed by atoms with van der Waals surface area (Å²) in [5.41, 5.74) is 4.10. The van der Waals surface area contributed by atoms with Crippen LogP contribution in [0.4, 0.5) is 5.69 Å². The first-order valence-corrected chi connectivity index (χ1v) is 5.57. The van der Waals surface area contributed by atoms with Crippen molar-refractivity contribution in [2.75, 3.05) is 38.7 Å². The summed E-state index contributed by atoms with van der Waals surface area (Å²) in [6, 6.07) is 3.52. The third-order valence-electron chi connectivity index (χ3n) is 2.56. The lowest BCUT2D eigenvalue weighted by Gasteiger charge is -2.26. The van der Waals surface area contributed by atoms with Gasteiger partial charge in [-0.2, -0.15) is 0 Å². The van der Waals surface area contributed by atoms with Gasteiger partial charge >= 0.3 is 0 Å². The molecule has 1 aliphatic rings. The third-order valence-corrected chi connectivity index (χ3v) is 2.56. The van der Waals surface area contributed by atoms with E-state index in [1.807, 2.05) is 18.1 Å². The minimum Gasteiger partial charge on any atom is -0.387 e. The van der Waals surface area contributed by atoms with E-state index in [0.717, 1.165) is 5.69 Å². The normalized spacial score (nSPS) is 16.5. The van der Waals surface area contributed by atoms with Crippen molar-refractivity contribution in [3.05, 3.63) is 24.0 Å². The van der Waals surface area contributed by atoms with Gasteiger partial charge in [-0.05, 0) is 12.1 Å². The number of hydrogen-bond donors (Lipinski definition) is 2. The third kappa shape index (κ3) is 3.15. The van der Waals surface area contributed by atoms with Crippen molar-refractivity contribution in [3.63, 3.8) is 0 Å². The van der Waals surface area contributed by atoms with Crippen LogP contribution in [0.3, 0.4) is 0 Å². The highest BCUT2D eigenvalue weighted by molar-refractivity contribution is 5.92. The quantitative estimate of drug-likeness (QED) is 0.779. The van der Waals surface area contributed by atoms with Gasteiger partial charge in [0, 0.05) is 20.1 Å². The molecule has 2 heterocycles. The first kappa shape index (κ1) is 11.8. The number of nitrogens with one attached hydrogen (secondary N) is 2. The number of nitrogens with zero attached hydrogens (tertiary/aromatic N) is 2. The molecule has 17 heavy (non-hydrogen) atoms. The molecule has 0 aromatic carbocycles. The van der Waals surface area contributed by atoms with Gasteiger partial charge in [0.2, 0.25) is 0 Å². The number of morpholine rings is 1. The van der Waals surface area contributed by atoms with Crippen LogP contribution >= 0.6 is 0 Å². The summed E-state index contributed by atoms with van der Waals surface area (Å²) in [6.45, 7) is 2.71. The molecule has 0 bridgehead atoms. The van der Waals surface area contributed by atoms with E-state index in [-0.39, 0.29) is 5.91 Å². The summed E-state index contributed by atoms with van der Waals surface area (Å²) in [6.07, 6.45) is 1.63. The maximum atomic E-state index is 11.8. The number of hydrazine groups is 1. The number of anilines is 1. The number of rotatable bonds is 3. The van der Waals surface area contributed by atoms with Crippen molar-refractivity contribution in [2.45, 2.75) is 0 Å². The predicted molar refractivity (Wildman–Crippen MR) is 63.6 cm³/mol. The second-order valence-electron chi connectivity index (χ2n) is 3.72. The smallest absolute Gasteiger partial charge is 0.284 e. The zero-order valence-electron chi connectivity index (χ0n) is 9.77. The Bertz CT molecular complexity index is 374. The molecule has 6 nitrogen and oxygen atoms in total. The Morgan fingerprint density at radius 1 is 1.41 bits per heavy atom. The summed E-state index contributed by atoms with van der Waals surface area (Å²) in [4.78, 5) is 15.9. The average molecular weight is 236 g/mol. The van der Waals surface area contributed by atoms with Gasteiger partial charge in [0.1, 0.15) is 5.69 Å². The number of carbonyl (C=O) groups is 1. The number of pyridine rings is 1. The molecule has 92 valence electrons. The first-order valence-electron chi connectivity index (χ1n) is 5.57. The molecule has 0 atom stereocenters. The van der Waals surface area contributed by atoms with Crippen LogP contribution in [0.2, 0.25) is 0 Å². The Hall–Kier alpha value is -1.66. The number of carbonyl (C=O) groups excluding carboxylic acids is 1. The van der Waals surface area contributed by atoms with Crippen LogP contribution in [0.15, 0.2) is 18.3 Å². The molecule has 2 N–H and O–H groups in total. The molecule has 1 saturated heterocycles. The predicted octanol–water partition coefficient (Wildman–Crippen LogP) is 0.100. The summed E-state index contributed by atoms with van der Waals surface area (Å²) in [5.74, 6) is -0.186. The van der Waals surface area contributed by atoms with Gasteiger partial charge in [-0.1, -0.05) is 0 Å². The van der Waals surface area contributed by atoms with Gasteiger partial charge in [-0.25, -0.2) is 9.99 Å². The van der Waals surface area contributed by atoms with E-state index in [9.17, 15) is 4.79 Å². The van der Waals surface area contributed by atoms with Crippen LogP contribution in [-0.4, -0.2) is 49.3 Å². The Kier molecular flexibility index (Phi) is 3.89. The molecule has 0 unspecified atom stereocenters. The molecule has 6 heteroatoms. The van der Waals surface area contributed by atoms with Crippen molar-refractivity contribution < 1.29 is 9.53 Å². The molecule has 2 rings (SSSR count). The van der Waals surface area contributed by atoms with Gasteiger partial charge in [-0.15, -0.1) is 0 Å². The highest BCUT2D eigenvalue weighted by Crippen LogP contribution is 2.05. The fraction of sp³-hybridized carbons (Fsp3) is 0.455. The zero-order valence-corrected chi connectivity index (χ0v) is 9.77. The Balaban J connectivity index is 1.93. The van der Waals surface area contributed by atoms with Gasteiger partial charge in [0.15, 0.2) is 0 Å². The fourth-order valence-electron chi connectivity index (χ4n) is 1.55. The van der Waals surface area contributed by atoms with Crippen LogP contribution in [0.1, 0.15) is 10.5 Å². The van der Waals surface area contributed by atoms with Gasteiger partial charge in [-0.3, -0.25) is 10.2 Å². The van der Waals surface area contributed by atoms with E-state index < -0.39 is 0 Å². The Morgan fingerprint density at radius 2 is 2.18 bits per heavy atom. The molecule has 1 aromatic rings. The molecule has 1 amide bonds. The van der Waals surface area contributed by atoms with E-state index in [4.69, 9.17) is 4.74 Å². The lowest BCUT2D eigenvalue weighted by atomic mass is 10.3. The second kappa shape index (κ2) is 5.60. The monoisotopic (exact) mass is 236 g/mol. The van der Waals surface area contributed by atoms with Crippen molar-refractivity contribution in [1.29, 1.82) is 0 Å². The molecule has 0 aliphatic carbocycles. The molecule has 1 aromatic heterocycles. The number of hydrogen-bond acceptors (Lipinski definition) is 5. The molecule has 0 radical (unpaired) electrons. The van der Waals surface area contributed by atoms with Crippen molar-refractivity contribution in [2.24, 2.45) is 0 Å². The van der Waals surface area contributed by atoms with Crippen LogP contribution < -0.4 is 10.7 Å². The highest BCUT2D eigenvalue weighted by atomic mass is 16.5. The van der Waals surface area contributed by atoms with E-state index in [1.54, 1.807) is 12.3 Å². The lowest BCUT2D eigenvalue weighted by Crippen LogP contribution is -2.48. The zero-order chi connectivity index (χ0) is 12.1. The summed E-state index contributed by atoms with van der Waals surface area (Å²) in [7, 11) is 1.81. The summed E-state index contributed by atoms with van der Waals surface area (Å²) < 4.78 is 5.20. The number of amides is 1. The van der Waals surface area contributed by atoms with Crippen molar-refractivity contribution in [3.8, 4) is 0 Å². The SMILES string of the molecule is CNc1ccc(C(=O)NN2CCOCC2)nc1. The Morgan fingerprint density at radius 3 is 2.76 bits per heavy atom. The van der Waals surface area contributed by atoms with E-state index in [0.29, 0.717) is 32.0 Å². The topological polar surface area (TPSA) is 66.5 Å². The van der Waals surface area contributed by atoms with Gasteiger partial charge in [0.05, 0.1) is 25.1 Å². The molecular weight excluding hydrogens is 220 g/mol. The lowest BCUT2D eigenvalue weighted by molar-refractivity contribution is 0.0124. The van der Waals surface area contributed by atoms with Crippen molar-refractivity contribution >= 4 is 11.6 Å². The van der Waals surface area contributed by atoms with Crippen LogP contribution in [-0.2, 0) is 4.74 Å². The second-order valence-corrected chi connectivity index (χ2v) is 3.72. The maximum Gasteiger partial charge on any atom is 0.284 e. The molecule has 0 saturated carbocycles. The standard InChI is InChI=1S/C11H16N4O2/c1-12-9-2-3-10(13-8-9)11(16)14-15-4-6-17-7-5-15/h2-3,8,12H,4-7H2,1H3,(H,14,16). The maximum absolute atomic E-state index is 11.8. The average Bonchev–Trinajstić information content (AvgIpc) is 2.40. The summed E-state index contributed by atoms with van der Waals surface area (Å²) >= 11 is 0. The molecular formula is C11H16N4O2. The largest absolute Gasteiger partial charge is 0.387 e. The van der Waals surface area contributed by atoms with E-state index in [2.05, 4.69) is 15.7 Å². The fourth-order valence-corrected chi connectivity index (χ4v) is 1.55. The van der Waals surface area contributed by atoms with E-state index >= 15 is 0 Å². The van der Waals surface area contributed by atoms with Crippen LogP contribution in [0, 0.1) is 0 Å². The molecule has 0 spiro atoms. The highest BCUT2D eigenvalue weighted by Gasteiger charge is 2.14. The number of aromatic nitrogens is 1. The Labute approximate surface area is 99.9 Å². The van der Waals surface area contributed by atoms with Gasteiger partial charge < -0.3 is 10.1 Å². The first-order chi connectivity index (χ1) is 8.29. The van der Waals surface area contributed by atoms with E-state index in [1.165, 1.54) is 0 Å². The molecule has 1 fully saturated rings. The summed E-state index contributed by atoms with van der Waals surface area (Å²) in [5, 5.41) is 4.80. The number of ether oxygens (including phenoxy) is 1. The van der Waals surface area contributed by atoms with Crippen molar-refractivity contribution in [1.82, 2.24) is 15.4 Å². The van der Waals surface area contributed by atoms with Gasteiger partial charge in [0.25, 0.3) is 5.91 Å². The van der Waals surface area contributed by atoms with Crippen LogP contribution in [0.5, 0.6) is 0 Å².